The fourth-order valence-corrected chi connectivity index (χ4v) is 6.99. The summed E-state index contributed by atoms with van der Waals surface area (Å²) < 4.78 is 26.9. The summed E-state index contributed by atoms with van der Waals surface area (Å²) in [5.41, 5.74) is 6.81. The molecule has 0 spiro atoms. The lowest BCUT2D eigenvalue weighted by molar-refractivity contribution is -0.301. The Kier molecular flexibility index (Phi) is 24.8. The summed E-state index contributed by atoms with van der Waals surface area (Å²) in [6.45, 7) is -0.518. The van der Waals surface area contributed by atoms with E-state index in [0.29, 0.717) is 19.3 Å². The van der Waals surface area contributed by atoms with E-state index in [4.69, 9.17) is 27.7 Å². The molecule has 2 heterocycles. The van der Waals surface area contributed by atoms with Crippen molar-refractivity contribution >= 4 is 52.5 Å². The Hall–Kier alpha value is -3.06. The minimum Gasteiger partial charge on any atom is -0.394 e. The van der Waals surface area contributed by atoms with Gasteiger partial charge in [-0.2, -0.15) is 0 Å². The Morgan fingerprint density at radius 1 is 0.762 bits per heavy atom. The second-order valence-corrected chi connectivity index (χ2v) is 15.9. The van der Waals surface area contributed by atoms with Crippen LogP contribution in [-0.4, -0.2) is 203 Å². The van der Waals surface area contributed by atoms with Crippen molar-refractivity contribution in [2.75, 3.05) is 59.2 Å². The first-order chi connectivity index (χ1) is 30.0. The zero-order valence-electron chi connectivity index (χ0n) is 35.0. The normalized spacial score (nSPS) is 27.0. The number of aliphatic hydroxyl groups excluding tert-OH is 7. The Bertz CT molecular complexity index is 1560. The summed E-state index contributed by atoms with van der Waals surface area (Å²) >= 11 is 1.63. The minimum atomic E-state index is -1.64. The summed E-state index contributed by atoms with van der Waals surface area (Å²) in [4.78, 5) is 65.2. The summed E-state index contributed by atoms with van der Waals surface area (Å²) in [5.74, 6) is -2.73. The van der Waals surface area contributed by atoms with Gasteiger partial charge in [0.15, 0.2) is 12.6 Å². The third-order valence-corrected chi connectivity index (χ3v) is 10.5. The van der Waals surface area contributed by atoms with Crippen molar-refractivity contribution in [2.45, 2.75) is 119 Å². The third kappa shape index (κ3) is 19.1. The first kappa shape index (κ1) is 54.3. The molecule has 2 saturated heterocycles. The summed E-state index contributed by atoms with van der Waals surface area (Å²) in [7, 11) is 0. The van der Waals surface area contributed by atoms with Crippen LogP contribution >= 0.6 is 23.0 Å². The van der Waals surface area contributed by atoms with E-state index in [1.54, 1.807) is 23.0 Å². The molecule has 1 aromatic rings. The van der Waals surface area contributed by atoms with Crippen LogP contribution in [-0.2, 0) is 52.4 Å². The molecule has 2 aliphatic heterocycles. The second kappa shape index (κ2) is 28.8. The van der Waals surface area contributed by atoms with Crippen molar-refractivity contribution in [3.05, 3.63) is 35.9 Å². The van der Waals surface area contributed by atoms with Crippen molar-refractivity contribution in [1.82, 2.24) is 26.2 Å². The van der Waals surface area contributed by atoms with Crippen LogP contribution in [0.15, 0.2) is 30.3 Å². The maximum Gasteiger partial charge on any atom is 0.243 e. The molecule has 1 unspecified atom stereocenters. The number of carbonyl (C=O) groups is 5. The highest BCUT2D eigenvalue weighted by atomic mass is 127. The van der Waals surface area contributed by atoms with Crippen LogP contribution in [0.25, 0.3) is 0 Å². The van der Waals surface area contributed by atoms with Gasteiger partial charge in [-0.05, 0) is 38.2 Å². The van der Waals surface area contributed by atoms with Crippen LogP contribution in [0, 0.1) is 0 Å². The minimum absolute atomic E-state index is 0.000744. The van der Waals surface area contributed by atoms with Crippen molar-refractivity contribution in [3.63, 3.8) is 0 Å². The monoisotopic (exact) mass is 1010 g/mol. The zero-order valence-corrected chi connectivity index (χ0v) is 37.2. The van der Waals surface area contributed by atoms with Gasteiger partial charge >= 0.3 is 0 Å². The molecule has 63 heavy (non-hydrogen) atoms. The quantitative estimate of drug-likeness (QED) is 0.0291. The number of imide groups is 1. The van der Waals surface area contributed by atoms with E-state index in [9.17, 15) is 59.7 Å². The third-order valence-electron chi connectivity index (χ3n) is 10.1. The summed E-state index contributed by atoms with van der Waals surface area (Å²) in [6.07, 6.45) is -11.9. The molecule has 23 nitrogen and oxygen atoms in total. The van der Waals surface area contributed by atoms with Gasteiger partial charge in [0.05, 0.1) is 64.2 Å². The second-order valence-electron chi connectivity index (χ2n) is 15.3. The maximum atomic E-state index is 13.3. The predicted molar refractivity (Wildman–Crippen MR) is 227 cm³/mol. The number of hydrogen-bond donors (Lipinski definition) is 12. The molecule has 24 heteroatoms. The first-order valence-corrected chi connectivity index (χ1v) is 21.6. The number of carbonyl (C=O) groups excluding carboxylic acids is 5. The summed E-state index contributed by atoms with van der Waals surface area (Å²) in [5, 5.41) is 80.2. The molecule has 0 saturated carbocycles. The van der Waals surface area contributed by atoms with Gasteiger partial charge in [-0.3, -0.25) is 34.2 Å². The number of nitrogens with two attached hydrogens (primary N) is 1. The highest BCUT2D eigenvalue weighted by Crippen LogP contribution is 2.23. The van der Waals surface area contributed by atoms with Crippen molar-refractivity contribution in [1.29, 1.82) is 0 Å². The number of nitrogens with one attached hydrogen (secondary N) is 4. The van der Waals surface area contributed by atoms with E-state index < -0.39 is 123 Å². The van der Waals surface area contributed by atoms with Crippen LogP contribution in [0.5, 0.6) is 0 Å². The smallest absolute Gasteiger partial charge is 0.243 e. The fraction of sp³-hybridized carbons (Fsp3) is 0.718. The van der Waals surface area contributed by atoms with E-state index in [2.05, 4.69) is 21.3 Å². The molecule has 0 radical (unpaired) electrons. The van der Waals surface area contributed by atoms with Crippen LogP contribution < -0.4 is 27.0 Å². The average molecular weight is 1010 g/mol. The molecule has 12 atom stereocenters. The van der Waals surface area contributed by atoms with Gasteiger partial charge in [0.1, 0.15) is 65.7 Å². The van der Waals surface area contributed by atoms with Crippen LogP contribution in [0.4, 0.5) is 0 Å². The Labute approximate surface area is 379 Å². The number of rotatable bonds is 27. The van der Waals surface area contributed by atoms with E-state index in [1.807, 2.05) is 30.3 Å². The number of amides is 5. The Morgan fingerprint density at radius 2 is 1.37 bits per heavy atom. The number of ether oxygens (including phenoxy) is 4. The number of aliphatic hydroxyl groups is 7. The van der Waals surface area contributed by atoms with Crippen molar-refractivity contribution in [3.8, 4) is 0 Å². The van der Waals surface area contributed by atoms with Gasteiger partial charge in [0.2, 0.25) is 29.5 Å². The van der Waals surface area contributed by atoms with Crippen LogP contribution in [0.1, 0.15) is 44.6 Å². The lowest BCUT2D eigenvalue weighted by Crippen LogP contribution is -2.59. The molecule has 3 rings (SSSR count). The van der Waals surface area contributed by atoms with Crippen LogP contribution in [0.3, 0.4) is 0 Å². The lowest BCUT2D eigenvalue weighted by atomic mass is 9.99. The number of hydrogen-bond acceptors (Lipinski definition) is 19. The number of nitrogens with zero attached hydrogens (tertiary/aromatic N) is 1. The van der Waals surface area contributed by atoms with Gasteiger partial charge < -0.3 is 79.4 Å². The number of halogens is 1. The number of unbranched alkanes of at least 4 members (excludes halogenated alkanes) is 2. The SMILES string of the molecule is C[C@@H]1O[C@@H](OCCNC(=O)CN(CC(=O)NCCCCCC(=O)NC(=O)[C@@H](N)Cc2ccccc2)CC(=O)NC(CCO[C@H]2O[C@H](CO)[C@@H](O)[C@H](O)[C@@H]2O)COI)[C@@H](O)[C@H](O)[C@@H]1O. The topological polar surface area (TPSA) is 350 Å². The zero-order chi connectivity index (χ0) is 46.5. The first-order valence-electron chi connectivity index (χ1n) is 20.7. The predicted octanol–water partition coefficient (Wildman–Crippen LogP) is -4.80. The standard InChI is InChI=1S/C39H63IN6O17/c1-22-31(52)33(54)35(56)38(62-22)60-15-13-43-29(50)18-46(19-30(51)44-24(21-61-40)11-14-59-39-36(57)34(55)32(53)26(20-47)63-39)17-28(49)42-12-7-3-6-10-27(48)45-37(58)25(41)16-23-8-4-2-5-9-23/h2,4-5,8-9,22,24-26,31-36,38-39,47,52-57H,3,6-7,10-21,41H2,1H3,(H,42,49)(H,43,50)(H,44,51)(H,45,48,58)/t22-,24?,25-,26+,31+,32+,33+,34-,35-,36-,38+,39-/m0/s1. The lowest BCUT2D eigenvalue weighted by Gasteiger charge is -2.39. The van der Waals surface area contributed by atoms with Gasteiger partial charge in [0.25, 0.3) is 0 Å². The molecule has 2 aliphatic rings. The molecule has 5 amide bonds. The Morgan fingerprint density at radius 3 is 2.02 bits per heavy atom. The van der Waals surface area contributed by atoms with Crippen molar-refractivity contribution < 1.29 is 81.7 Å². The van der Waals surface area contributed by atoms with E-state index >= 15 is 0 Å². The van der Waals surface area contributed by atoms with E-state index in [0.717, 1.165) is 5.56 Å². The molecule has 358 valence electrons. The van der Waals surface area contributed by atoms with E-state index in [-0.39, 0.29) is 58.7 Å². The van der Waals surface area contributed by atoms with E-state index in [1.165, 1.54) is 11.8 Å². The molecule has 0 bridgehead atoms. The molecular weight excluding hydrogens is 951 g/mol. The largest absolute Gasteiger partial charge is 0.394 e. The molecular formula is C39H63IN6O17. The number of benzene rings is 1. The van der Waals surface area contributed by atoms with Gasteiger partial charge in [0, 0.05) is 19.5 Å². The van der Waals surface area contributed by atoms with Crippen LogP contribution in [0.2, 0.25) is 0 Å². The van der Waals surface area contributed by atoms with Gasteiger partial charge in [-0.1, -0.05) is 36.8 Å². The molecule has 0 aromatic heterocycles. The maximum absolute atomic E-state index is 13.3. The fourth-order valence-electron chi connectivity index (χ4n) is 6.55. The van der Waals surface area contributed by atoms with Gasteiger partial charge in [-0.15, -0.1) is 0 Å². The van der Waals surface area contributed by atoms with Gasteiger partial charge in [-0.25, -0.2) is 0 Å². The molecule has 0 aliphatic carbocycles. The van der Waals surface area contributed by atoms with Crippen molar-refractivity contribution in [2.24, 2.45) is 5.73 Å². The average Bonchev–Trinajstić information content (AvgIpc) is 3.24. The highest BCUT2D eigenvalue weighted by Gasteiger charge is 2.44. The molecule has 2 fully saturated rings. The molecule has 1 aromatic carbocycles. The molecule has 13 N–H and O–H groups in total. The Balaban J connectivity index is 1.48. The summed E-state index contributed by atoms with van der Waals surface area (Å²) in [6, 6.07) is 7.61. The highest BCUT2D eigenvalue weighted by molar-refractivity contribution is 14.1.